The van der Waals surface area contributed by atoms with Crippen LogP contribution in [0.1, 0.15) is 29.9 Å². The summed E-state index contributed by atoms with van der Waals surface area (Å²) in [4.78, 5) is 0. The predicted octanol–water partition coefficient (Wildman–Crippen LogP) is 3.27. The topological polar surface area (TPSA) is 55.9 Å². The summed E-state index contributed by atoms with van der Waals surface area (Å²) in [5.41, 5.74) is 5.72. The summed E-state index contributed by atoms with van der Waals surface area (Å²) >= 11 is 12.4. The highest BCUT2D eigenvalue weighted by molar-refractivity contribution is 6.36. The first-order valence-electron chi connectivity index (χ1n) is 6.50. The highest BCUT2D eigenvalue weighted by Gasteiger charge is 2.19. The fourth-order valence-corrected chi connectivity index (χ4v) is 2.83. The van der Waals surface area contributed by atoms with Crippen molar-refractivity contribution >= 4 is 23.2 Å². The van der Waals surface area contributed by atoms with Crippen molar-refractivity contribution < 1.29 is 0 Å². The first-order valence-corrected chi connectivity index (χ1v) is 7.25. The van der Waals surface area contributed by atoms with E-state index in [9.17, 15) is 0 Å². The summed E-state index contributed by atoms with van der Waals surface area (Å²) in [5, 5.41) is 5.74. The van der Waals surface area contributed by atoms with Crippen LogP contribution in [0.3, 0.4) is 0 Å². The Hall–Kier alpha value is -1.07. The molecule has 3 N–H and O–H groups in total. The van der Waals surface area contributed by atoms with Crippen molar-refractivity contribution in [3.63, 3.8) is 0 Å². The van der Waals surface area contributed by atoms with E-state index in [-0.39, 0.29) is 6.04 Å². The van der Waals surface area contributed by atoms with Gasteiger partial charge < -0.3 is 0 Å². The van der Waals surface area contributed by atoms with Gasteiger partial charge >= 0.3 is 0 Å². The predicted molar refractivity (Wildman–Crippen MR) is 82.9 cm³/mol. The van der Waals surface area contributed by atoms with E-state index in [0.29, 0.717) is 16.5 Å². The molecule has 0 fully saturated rings. The molecule has 1 heterocycles. The SMILES string of the molecule is CCn1nc(C)cc1C(Cc1c(Cl)cccc1Cl)NN. The molecule has 1 aromatic heterocycles. The zero-order chi connectivity index (χ0) is 14.7. The maximum absolute atomic E-state index is 6.22. The van der Waals surface area contributed by atoms with Crippen LogP contribution in [0, 0.1) is 6.92 Å². The first kappa shape index (κ1) is 15.3. The minimum atomic E-state index is -0.0893. The zero-order valence-electron chi connectivity index (χ0n) is 11.5. The molecule has 0 spiro atoms. The molecular formula is C14H18Cl2N4. The van der Waals surface area contributed by atoms with Gasteiger partial charge in [-0.25, -0.2) is 0 Å². The average molecular weight is 313 g/mol. The van der Waals surface area contributed by atoms with Crippen molar-refractivity contribution in [2.24, 2.45) is 5.84 Å². The quantitative estimate of drug-likeness (QED) is 0.658. The lowest BCUT2D eigenvalue weighted by Gasteiger charge is -2.18. The van der Waals surface area contributed by atoms with E-state index in [0.717, 1.165) is 23.5 Å². The molecule has 1 unspecified atom stereocenters. The van der Waals surface area contributed by atoms with Gasteiger partial charge in [-0.15, -0.1) is 0 Å². The molecule has 0 bridgehead atoms. The van der Waals surface area contributed by atoms with Gasteiger partial charge in [-0.2, -0.15) is 5.10 Å². The van der Waals surface area contributed by atoms with Crippen LogP contribution < -0.4 is 11.3 Å². The Morgan fingerprint density at radius 3 is 2.55 bits per heavy atom. The second-order valence-corrected chi connectivity index (χ2v) is 5.46. The monoisotopic (exact) mass is 312 g/mol. The molecule has 0 aliphatic rings. The standard InChI is InChI=1S/C14H18Cl2N4/c1-3-20-14(7-9(2)19-20)13(18-17)8-10-11(15)5-4-6-12(10)16/h4-7,13,18H,3,8,17H2,1-2H3. The number of halogens is 2. The summed E-state index contributed by atoms with van der Waals surface area (Å²) < 4.78 is 1.94. The summed E-state index contributed by atoms with van der Waals surface area (Å²) in [6.45, 7) is 4.80. The number of benzene rings is 1. The third-order valence-corrected chi connectivity index (χ3v) is 3.97. The Morgan fingerprint density at radius 1 is 1.35 bits per heavy atom. The number of hydrogen-bond donors (Lipinski definition) is 2. The van der Waals surface area contributed by atoms with Crippen LogP contribution in [0.2, 0.25) is 10.0 Å². The van der Waals surface area contributed by atoms with Gasteiger partial charge in [-0.1, -0.05) is 29.3 Å². The van der Waals surface area contributed by atoms with Crippen molar-refractivity contribution in [3.05, 3.63) is 51.3 Å². The number of hydrogen-bond acceptors (Lipinski definition) is 3. The maximum atomic E-state index is 6.22. The Bertz CT molecular complexity index is 575. The van der Waals surface area contributed by atoms with E-state index >= 15 is 0 Å². The molecule has 1 aromatic carbocycles. The van der Waals surface area contributed by atoms with E-state index in [2.05, 4.69) is 10.5 Å². The molecule has 0 radical (unpaired) electrons. The van der Waals surface area contributed by atoms with Gasteiger partial charge in [0, 0.05) is 16.6 Å². The van der Waals surface area contributed by atoms with Gasteiger partial charge in [0.25, 0.3) is 0 Å². The Kier molecular flexibility index (Phi) is 5.05. The number of hydrazine groups is 1. The third kappa shape index (κ3) is 3.15. The fraction of sp³-hybridized carbons (Fsp3) is 0.357. The summed E-state index contributed by atoms with van der Waals surface area (Å²) in [6.07, 6.45) is 0.611. The van der Waals surface area contributed by atoms with E-state index in [1.165, 1.54) is 0 Å². The van der Waals surface area contributed by atoms with Crippen LogP contribution in [0.5, 0.6) is 0 Å². The number of nitrogens with zero attached hydrogens (tertiary/aromatic N) is 2. The van der Waals surface area contributed by atoms with E-state index in [4.69, 9.17) is 29.0 Å². The summed E-state index contributed by atoms with van der Waals surface area (Å²) in [6, 6.07) is 7.43. The summed E-state index contributed by atoms with van der Waals surface area (Å²) in [5.74, 6) is 5.71. The number of aryl methyl sites for hydroxylation is 2. The lowest BCUT2D eigenvalue weighted by atomic mass is 10.0. The van der Waals surface area contributed by atoms with Crippen LogP contribution in [-0.4, -0.2) is 9.78 Å². The zero-order valence-corrected chi connectivity index (χ0v) is 13.0. The Balaban J connectivity index is 2.33. The first-order chi connectivity index (χ1) is 9.56. The van der Waals surface area contributed by atoms with Crippen LogP contribution >= 0.6 is 23.2 Å². The molecule has 6 heteroatoms. The molecule has 2 aromatic rings. The lowest BCUT2D eigenvalue weighted by molar-refractivity contribution is 0.490. The van der Waals surface area contributed by atoms with E-state index < -0.39 is 0 Å². The van der Waals surface area contributed by atoms with Crippen LogP contribution in [0.25, 0.3) is 0 Å². The number of rotatable bonds is 5. The van der Waals surface area contributed by atoms with Crippen LogP contribution in [0.15, 0.2) is 24.3 Å². The smallest absolute Gasteiger partial charge is 0.0670 e. The maximum Gasteiger partial charge on any atom is 0.0670 e. The third-order valence-electron chi connectivity index (χ3n) is 3.26. The molecule has 4 nitrogen and oxygen atoms in total. The van der Waals surface area contributed by atoms with Crippen molar-refractivity contribution in [2.75, 3.05) is 0 Å². The minimum Gasteiger partial charge on any atom is -0.271 e. The van der Waals surface area contributed by atoms with Crippen molar-refractivity contribution in [2.45, 2.75) is 32.9 Å². The van der Waals surface area contributed by atoms with Crippen molar-refractivity contribution in [1.82, 2.24) is 15.2 Å². The van der Waals surface area contributed by atoms with Crippen LogP contribution in [-0.2, 0) is 13.0 Å². The molecule has 0 amide bonds. The number of nitrogens with one attached hydrogen (secondary N) is 1. The highest BCUT2D eigenvalue weighted by atomic mass is 35.5. The van der Waals surface area contributed by atoms with Crippen molar-refractivity contribution in [1.29, 1.82) is 0 Å². The molecule has 1 atom stereocenters. The highest BCUT2D eigenvalue weighted by Crippen LogP contribution is 2.29. The minimum absolute atomic E-state index is 0.0893. The molecule has 108 valence electrons. The average Bonchev–Trinajstić information content (AvgIpc) is 2.80. The fourth-order valence-electron chi connectivity index (χ4n) is 2.28. The molecule has 0 aliphatic heterocycles. The second kappa shape index (κ2) is 6.59. The summed E-state index contributed by atoms with van der Waals surface area (Å²) in [7, 11) is 0. The molecular weight excluding hydrogens is 295 g/mol. The number of aromatic nitrogens is 2. The lowest BCUT2D eigenvalue weighted by Crippen LogP contribution is -2.31. The van der Waals surface area contributed by atoms with E-state index in [1.54, 1.807) is 0 Å². The van der Waals surface area contributed by atoms with Gasteiger partial charge in [0.2, 0.25) is 0 Å². The molecule has 0 aliphatic carbocycles. The van der Waals surface area contributed by atoms with Gasteiger partial charge in [-0.3, -0.25) is 16.0 Å². The molecule has 2 rings (SSSR count). The van der Waals surface area contributed by atoms with Gasteiger partial charge in [0.1, 0.15) is 0 Å². The molecule has 0 saturated carbocycles. The molecule has 20 heavy (non-hydrogen) atoms. The van der Waals surface area contributed by atoms with Gasteiger partial charge in [0.05, 0.1) is 17.4 Å². The van der Waals surface area contributed by atoms with Crippen LogP contribution in [0.4, 0.5) is 0 Å². The van der Waals surface area contributed by atoms with E-state index in [1.807, 2.05) is 42.8 Å². The largest absolute Gasteiger partial charge is 0.271 e. The van der Waals surface area contributed by atoms with Gasteiger partial charge in [0.15, 0.2) is 0 Å². The normalized spacial score (nSPS) is 12.7. The van der Waals surface area contributed by atoms with Gasteiger partial charge in [-0.05, 0) is 44.0 Å². The number of nitrogens with two attached hydrogens (primary N) is 1. The molecule has 0 saturated heterocycles. The Morgan fingerprint density at radius 2 is 2.00 bits per heavy atom. The van der Waals surface area contributed by atoms with Crippen molar-refractivity contribution in [3.8, 4) is 0 Å². The Labute approximate surface area is 128 Å². The second-order valence-electron chi connectivity index (χ2n) is 4.65.